The van der Waals surface area contributed by atoms with E-state index in [1.165, 1.54) is 7.11 Å². The van der Waals surface area contributed by atoms with Gasteiger partial charge >= 0.3 is 5.97 Å². The van der Waals surface area contributed by atoms with Gasteiger partial charge in [0.25, 0.3) is 0 Å². The van der Waals surface area contributed by atoms with Crippen LogP contribution in [0, 0.1) is 18.3 Å². The Morgan fingerprint density at radius 2 is 2.00 bits per heavy atom. The maximum Gasteiger partial charge on any atom is 0.341 e. The highest BCUT2D eigenvalue weighted by atomic mass is 16.5. The maximum absolute atomic E-state index is 11.7. The van der Waals surface area contributed by atoms with Crippen LogP contribution in [-0.2, 0) is 4.74 Å². The number of ether oxygens (including phenoxy) is 2. The minimum Gasteiger partial charge on any atom is -0.465 e. The van der Waals surface area contributed by atoms with Crippen molar-refractivity contribution < 1.29 is 14.3 Å². The van der Waals surface area contributed by atoms with E-state index in [4.69, 9.17) is 10.5 Å². The van der Waals surface area contributed by atoms with Crippen molar-refractivity contribution in [2.24, 2.45) is 0 Å². The summed E-state index contributed by atoms with van der Waals surface area (Å²) in [6.07, 6.45) is 0. The molecule has 1 aromatic carbocycles. The molecule has 2 N–H and O–H groups in total. The summed E-state index contributed by atoms with van der Waals surface area (Å²) in [5.41, 5.74) is 6.30. The first-order valence-corrected chi connectivity index (χ1v) is 6.09. The van der Waals surface area contributed by atoms with E-state index in [1.54, 1.807) is 31.2 Å². The molecule has 1 heterocycles. The molecule has 0 saturated heterocycles. The molecule has 0 bridgehead atoms. The predicted octanol–water partition coefficient (Wildman–Crippen LogP) is 2.42. The number of para-hydroxylation sites is 1. The second kappa shape index (κ2) is 5.92. The third kappa shape index (κ3) is 2.77. The van der Waals surface area contributed by atoms with Crippen LogP contribution in [0.4, 0.5) is 5.69 Å². The van der Waals surface area contributed by atoms with Crippen LogP contribution in [0.2, 0.25) is 0 Å². The van der Waals surface area contributed by atoms with Gasteiger partial charge in [-0.3, -0.25) is 0 Å². The number of nitrogens with zero attached hydrogens (tertiary/aromatic N) is 2. The van der Waals surface area contributed by atoms with Crippen LogP contribution in [0.25, 0.3) is 0 Å². The fraction of sp³-hybridized carbons (Fsp3) is 0.133. The number of pyridine rings is 1. The number of methoxy groups -OCH3 is 1. The average molecular weight is 283 g/mol. The van der Waals surface area contributed by atoms with E-state index in [0.29, 0.717) is 11.4 Å². The lowest BCUT2D eigenvalue weighted by atomic mass is 10.1. The van der Waals surface area contributed by atoms with Gasteiger partial charge in [0.15, 0.2) is 0 Å². The van der Waals surface area contributed by atoms with Crippen molar-refractivity contribution >= 4 is 11.7 Å². The number of aryl methyl sites for hydroxylation is 1. The number of rotatable bonds is 3. The summed E-state index contributed by atoms with van der Waals surface area (Å²) in [7, 11) is 1.24. The van der Waals surface area contributed by atoms with Crippen LogP contribution in [0.3, 0.4) is 0 Å². The van der Waals surface area contributed by atoms with Crippen molar-refractivity contribution in [2.75, 3.05) is 12.8 Å². The fourth-order valence-corrected chi connectivity index (χ4v) is 1.84. The monoisotopic (exact) mass is 283 g/mol. The van der Waals surface area contributed by atoms with Crippen molar-refractivity contribution in [2.45, 2.75) is 6.92 Å². The number of anilines is 1. The highest BCUT2D eigenvalue weighted by Crippen LogP contribution is 2.30. The number of carbonyl (C=O) groups excluding carboxylic acids is 1. The molecule has 21 heavy (non-hydrogen) atoms. The Kier molecular flexibility index (Phi) is 4.05. The molecule has 0 radical (unpaired) electrons. The van der Waals surface area contributed by atoms with Crippen LogP contribution in [0.5, 0.6) is 11.6 Å². The quantitative estimate of drug-likeness (QED) is 0.868. The van der Waals surface area contributed by atoms with Gasteiger partial charge in [-0.1, -0.05) is 18.2 Å². The first kappa shape index (κ1) is 14.3. The van der Waals surface area contributed by atoms with E-state index < -0.39 is 5.97 Å². The van der Waals surface area contributed by atoms with E-state index in [0.717, 1.165) is 0 Å². The van der Waals surface area contributed by atoms with E-state index in [1.807, 2.05) is 12.1 Å². The number of hydrogen-bond acceptors (Lipinski definition) is 6. The second-order valence-electron chi connectivity index (χ2n) is 4.18. The summed E-state index contributed by atoms with van der Waals surface area (Å²) >= 11 is 0. The summed E-state index contributed by atoms with van der Waals surface area (Å²) < 4.78 is 10.2. The highest BCUT2D eigenvalue weighted by molar-refractivity contribution is 5.97. The Hall–Kier alpha value is -3.07. The van der Waals surface area contributed by atoms with Crippen LogP contribution in [0.1, 0.15) is 21.6 Å². The minimum absolute atomic E-state index is 0.00258. The molecule has 106 valence electrons. The zero-order valence-corrected chi connectivity index (χ0v) is 11.6. The molecule has 2 aromatic rings. The molecule has 2 rings (SSSR count). The van der Waals surface area contributed by atoms with Gasteiger partial charge in [0.05, 0.1) is 18.5 Å². The molecule has 0 aliphatic heterocycles. The lowest BCUT2D eigenvalue weighted by molar-refractivity contribution is 0.0600. The Balaban J connectivity index is 2.54. The van der Waals surface area contributed by atoms with Crippen molar-refractivity contribution in [1.82, 2.24) is 4.98 Å². The zero-order valence-electron chi connectivity index (χ0n) is 11.6. The number of hydrogen-bond donors (Lipinski definition) is 1. The summed E-state index contributed by atoms with van der Waals surface area (Å²) in [5, 5.41) is 9.24. The molecular formula is C15H13N3O3. The van der Waals surface area contributed by atoms with Crippen LogP contribution in [0.15, 0.2) is 30.3 Å². The Morgan fingerprint density at radius 3 is 2.57 bits per heavy atom. The van der Waals surface area contributed by atoms with Gasteiger partial charge in [0.2, 0.25) is 5.88 Å². The second-order valence-corrected chi connectivity index (χ2v) is 4.18. The molecule has 0 aliphatic rings. The topological polar surface area (TPSA) is 98.2 Å². The SMILES string of the molecule is COC(=O)c1c(C)nc(Oc2ccccc2)c(C#N)c1N. The first-order chi connectivity index (χ1) is 10.1. The highest BCUT2D eigenvalue weighted by Gasteiger charge is 2.22. The molecule has 0 amide bonds. The van der Waals surface area contributed by atoms with Crippen LogP contribution >= 0.6 is 0 Å². The van der Waals surface area contributed by atoms with Crippen molar-refractivity contribution in [1.29, 1.82) is 5.26 Å². The summed E-state index contributed by atoms with van der Waals surface area (Å²) in [6, 6.07) is 10.8. The first-order valence-electron chi connectivity index (χ1n) is 6.09. The van der Waals surface area contributed by atoms with Gasteiger partial charge in [-0.25, -0.2) is 9.78 Å². The van der Waals surface area contributed by atoms with Gasteiger partial charge in [-0.05, 0) is 19.1 Å². The van der Waals surface area contributed by atoms with E-state index in [9.17, 15) is 10.1 Å². The normalized spacial score (nSPS) is 9.76. The fourth-order valence-electron chi connectivity index (χ4n) is 1.84. The van der Waals surface area contributed by atoms with Gasteiger partial charge in [0.1, 0.15) is 22.9 Å². The molecule has 0 fully saturated rings. The Labute approximate surface area is 121 Å². The summed E-state index contributed by atoms with van der Waals surface area (Å²) in [5.74, 6) is -0.0577. The zero-order chi connectivity index (χ0) is 15.4. The van der Waals surface area contributed by atoms with Gasteiger partial charge in [-0.2, -0.15) is 5.26 Å². The molecular weight excluding hydrogens is 270 g/mol. The Bertz CT molecular complexity index is 721. The lowest BCUT2D eigenvalue weighted by Crippen LogP contribution is -2.12. The van der Waals surface area contributed by atoms with E-state index >= 15 is 0 Å². The molecule has 0 unspecified atom stereocenters. The molecule has 6 nitrogen and oxygen atoms in total. The maximum atomic E-state index is 11.7. The number of benzene rings is 1. The smallest absolute Gasteiger partial charge is 0.341 e. The number of nitrogen functional groups attached to an aromatic ring is 1. The average Bonchev–Trinajstić information content (AvgIpc) is 2.48. The van der Waals surface area contributed by atoms with E-state index in [-0.39, 0.29) is 22.7 Å². The molecule has 0 saturated carbocycles. The third-order valence-corrected chi connectivity index (χ3v) is 2.84. The number of esters is 1. The third-order valence-electron chi connectivity index (χ3n) is 2.84. The standard InChI is InChI=1S/C15H13N3O3/c1-9-12(15(19)20-2)13(17)11(8-16)14(18-9)21-10-6-4-3-5-7-10/h3-7H,1-2H3,(H2,17,18). The molecule has 0 aliphatic carbocycles. The largest absolute Gasteiger partial charge is 0.465 e. The van der Waals surface area contributed by atoms with Crippen molar-refractivity contribution in [3.8, 4) is 17.7 Å². The number of carbonyl (C=O) groups is 1. The number of nitriles is 1. The van der Waals surface area contributed by atoms with Crippen LogP contribution in [-0.4, -0.2) is 18.1 Å². The lowest BCUT2D eigenvalue weighted by Gasteiger charge is -2.12. The number of nitrogens with two attached hydrogens (primary N) is 1. The number of aromatic nitrogens is 1. The molecule has 1 aromatic heterocycles. The van der Waals surface area contributed by atoms with Crippen LogP contribution < -0.4 is 10.5 Å². The molecule has 0 atom stereocenters. The van der Waals surface area contributed by atoms with Crippen molar-refractivity contribution in [3.63, 3.8) is 0 Å². The van der Waals surface area contributed by atoms with Gasteiger partial charge in [0, 0.05) is 0 Å². The van der Waals surface area contributed by atoms with Gasteiger partial charge in [-0.15, -0.1) is 0 Å². The summed E-state index contributed by atoms with van der Waals surface area (Å²) in [4.78, 5) is 15.8. The van der Waals surface area contributed by atoms with Crippen molar-refractivity contribution in [3.05, 3.63) is 47.2 Å². The van der Waals surface area contributed by atoms with E-state index in [2.05, 4.69) is 9.72 Å². The minimum atomic E-state index is -0.639. The predicted molar refractivity (Wildman–Crippen MR) is 76.0 cm³/mol. The molecule has 0 spiro atoms. The summed E-state index contributed by atoms with van der Waals surface area (Å²) in [6.45, 7) is 1.60. The Morgan fingerprint density at radius 1 is 1.33 bits per heavy atom. The molecule has 6 heteroatoms. The van der Waals surface area contributed by atoms with Gasteiger partial charge < -0.3 is 15.2 Å².